The first-order valence-electron chi connectivity index (χ1n) is 8.77. The normalized spacial score (nSPS) is 17.2. The van der Waals surface area contributed by atoms with E-state index < -0.39 is 0 Å². The standard InChI is InChI=1S/C20H27NO3S/c1-15-8-10-25-20(15)14-21(13-17-5-4-9-24-17)12-16-6-7-18(22-2)19(11-16)23-3/h6-8,10-11,17H,4-5,9,12-14H2,1-3H3. The molecule has 1 aromatic heterocycles. The maximum absolute atomic E-state index is 5.87. The molecule has 1 saturated heterocycles. The molecule has 0 aliphatic carbocycles. The van der Waals surface area contributed by atoms with E-state index in [1.54, 1.807) is 14.2 Å². The first-order valence-corrected chi connectivity index (χ1v) is 9.65. The van der Waals surface area contributed by atoms with E-state index in [-0.39, 0.29) is 0 Å². The maximum Gasteiger partial charge on any atom is 0.161 e. The van der Waals surface area contributed by atoms with Crippen LogP contribution >= 0.6 is 11.3 Å². The molecule has 1 aromatic carbocycles. The zero-order valence-corrected chi connectivity index (χ0v) is 16.1. The van der Waals surface area contributed by atoms with Crippen LogP contribution in [0.1, 0.15) is 28.8 Å². The number of methoxy groups -OCH3 is 2. The molecule has 2 aromatic rings. The lowest BCUT2D eigenvalue weighted by atomic mass is 10.1. The minimum absolute atomic E-state index is 0.348. The van der Waals surface area contributed by atoms with E-state index >= 15 is 0 Å². The second kappa shape index (κ2) is 8.70. The average Bonchev–Trinajstić information content (AvgIpc) is 3.27. The van der Waals surface area contributed by atoms with E-state index in [1.807, 2.05) is 17.4 Å². The molecular weight excluding hydrogens is 334 g/mol. The lowest BCUT2D eigenvalue weighted by Gasteiger charge is -2.25. The Morgan fingerprint density at radius 3 is 2.64 bits per heavy atom. The molecule has 1 aliphatic heterocycles. The molecule has 1 atom stereocenters. The van der Waals surface area contributed by atoms with Crippen LogP contribution in [0.15, 0.2) is 29.6 Å². The number of aryl methyl sites for hydroxylation is 1. The summed E-state index contributed by atoms with van der Waals surface area (Å²) in [4.78, 5) is 3.91. The predicted octanol–water partition coefficient (Wildman–Crippen LogP) is 4.25. The summed E-state index contributed by atoms with van der Waals surface area (Å²) in [5.41, 5.74) is 2.60. The zero-order chi connectivity index (χ0) is 17.6. The van der Waals surface area contributed by atoms with E-state index in [0.717, 1.165) is 44.2 Å². The Balaban J connectivity index is 1.75. The van der Waals surface area contributed by atoms with Crippen LogP contribution in [0.5, 0.6) is 11.5 Å². The molecule has 0 N–H and O–H groups in total. The van der Waals surface area contributed by atoms with Crippen molar-refractivity contribution in [3.8, 4) is 11.5 Å². The van der Waals surface area contributed by atoms with Gasteiger partial charge < -0.3 is 14.2 Å². The Kier molecular flexibility index (Phi) is 6.34. The largest absolute Gasteiger partial charge is 0.493 e. The number of thiophene rings is 1. The van der Waals surface area contributed by atoms with Crippen molar-refractivity contribution < 1.29 is 14.2 Å². The second-order valence-electron chi connectivity index (χ2n) is 6.52. The highest BCUT2D eigenvalue weighted by Crippen LogP contribution is 2.29. The third kappa shape index (κ3) is 4.75. The Hall–Kier alpha value is -1.56. The van der Waals surface area contributed by atoms with Gasteiger partial charge in [-0.15, -0.1) is 11.3 Å². The van der Waals surface area contributed by atoms with Gasteiger partial charge in [-0.2, -0.15) is 0 Å². The van der Waals surface area contributed by atoms with Gasteiger partial charge in [0.1, 0.15) is 0 Å². The Labute approximate surface area is 154 Å². The summed E-state index contributed by atoms with van der Waals surface area (Å²) in [6.45, 7) is 5.88. The number of ether oxygens (including phenoxy) is 3. The van der Waals surface area contributed by atoms with Crippen LogP contribution in [-0.2, 0) is 17.8 Å². The minimum Gasteiger partial charge on any atom is -0.493 e. The molecule has 0 amide bonds. The second-order valence-corrected chi connectivity index (χ2v) is 7.52. The van der Waals surface area contributed by atoms with E-state index in [2.05, 4.69) is 35.4 Å². The maximum atomic E-state index is 5.87. The van der Waals surface area contributed by atoms with Crippen LogP contribution in [0.25, 0.3) is 0 Å². The van der Waals surface area contributed by atoms with Crippen LogP contribution in [0.3, 0.4) is 0 Å². The lowest BCUT2D eigenvalue weighted by Crippen LogP contribution is -2.31. The number of hydrogen-bond acceptors (Lipinski definition) is 5. The topological polar surface area (TPSA) is 30.9 Å². The summed E-state index contributed by atoms with van der Waals surface area (Å²) >= 11 is 1.83. The van der Waals surface area contributed by atoms with Gasteiger partial charge in [-0.05, 0) is 54.5 Å². The highest BCUT2D eigenvalue weighted by atomic mass is 32.1. The van der Waals surface area contributed by atoms with E-state index in [0.29, 0.717) is 6.10 Å². The molecule has 2 heterocycles. The van der Waals surface area contributed by atoms with Crippen molar-refractivity contribution in [3.05, 3.63) is 45.6 Å². The van der Waals surface area contributed by atoms with Crippen molar-refractivity contribution in [1.29, 1.82) is 0 Å². The molecule has 136 valence electrons. The van der Waals surface area contributed by atoms with E-state index in [1.165, 1.54) is 22.4 Å². The van der Waals surface area contributed by atoms with Gasteiger partial charge >= 0.3 is 0 Å². The molecule has 5 heteroatoms. The quantitative estimate of drug-likeness (QED) is 0.703. The van der Waals surface area contributed by atoms with Crippen LogP contribution in [-0.4, -0.2) is 38.4 Å². The monoisotopic (exact) mass is 361 g/mol. The van der Waals surface area contributed by atoms with Crippen LogP contribution in [0.4, 0.5) is 0 Å². The summed E-state index contributed by atoms with van der Waals surface area (Å²) in [5.74, 6) is 1.55. The smallest absolute Gasteiger partial charge is 0.161 e. The molecule has 25 heavy (non-hydrogen) atoms. The predicted molar refractivity (Wildman–Crippen MR) is 102 cm³/mol. The Morgan fingerprint density at radius 1 is 1.16 bits per heavy atom. The summed E-state index contributed by atoms with van der Waals surface area (Å²) in [7, 11) is 3.35. The van der Waals surface area contributed by atoms with Crippen LogP contribution in [0, 0.1) is 6.92 Å². The number of hydrogen-bond donors (Lipinski definition) is 0. The minimum atomic E-state index is 0.348. The third-order valence-corrected chi connectivity index (χ3v) is 5.68. The van der Waals surface area contributed by atoms with Crippen molar-refractivity contribution >= 4 is 11.3 Å². The third-order valence-electron chi connectivity index (χ3n) is 4.68. The van der Waals surface area contributed by atoms with Gasteiger partial charge in [-0.25, -0.2) is 0 Å². The fourth-order valence-electron chi connectivity index (χ4n) is 3.27. The molecule has 4 nitrogen and oxygen atoms in total. The van der Waals surface area contributed by atoms with E-state index in [9.17, 15) is 0 Å². The average molecular weight is 362 g/mol. The summed E-state index contributed by atoms with van der Waals surface area (Å²) in [5, 5.41) is 2.17. The SMILES string of the molecule is COc1ccc(CN(Cc2sccc2C)CC2CCCO2)cc1OC. The van der Waals surface area contributed by atoms with Crippen molar-refractivity contribution in [3.63, 3.8) is 0 Å². The number of rotatable bonds is 8. The molecule has 3 rings (SSSR count). The Morgan fingerprint density at radius 2 is 2.00 bits per heavy atom. The molecule has 1 fully saturated rings. The van der Waals surface area contributed by atoms with Crippen molar-refractivity contribution in [2.24, 2.45) is 0 Å². The number of benzene rings is 1. The van der Waals surface area contributed by atoms with Gasteiger partial charge in [0.25, 0.3) is 0 Å². The van der Waals surface area contributed by atoms with Crippen LogP contribution < -0.4 is 9.47 Å². The van der Waals surface area contributed by atoms with Crippen LogP contribution in [0.2, 0.25) is 0 Å². The zero-order valence-electron chi connectivity index (χ0n) is 15.3. The molecular formula is C20H27NO3S. The van der Waals surface area contributed by atoms with Gasteiger partial charge in [0.2, 0.25) is 0 Å². The first kappa shape index (κ1) is 18.2. The van der Waals surface area contributed by atoms with Gasteiger partial charge in [0.05, 0.1) is 20.3 Å². The van der Waals surface area contributed by atoms with Crippen molar-refractivity contribution in [2.75, 3.05) is 27.4 Å². The van der Waals surface area contributed by atoms with E-state index in [4.69, 9.17) is 14.2 Å². The fourth-order valence-corrected chi connectivity index (χ4v) is 4.22. The molecule has 0 spiro atoms. The summed E-state index contributed by atoms with van der Waals surface area (Å²) < 4.78 is 16.7. The van der Waals surface area contributed by atoms with Gasteiger partial charge in [0.15, 0.2) is 11.5 Å². The van der Waals surface area contributed by atoms with Gasteiger partial charge in [-0.3, -0.25) is 4.90 Å². The van der Waals surface area contributed by atoms with Crippen molar-refractivity contribution in [2.45, 2.75) is 39.0 Å². The summed E-state index contributed by atoms with van der Waals surface area (Å²) in [6.07, 6.45) is 2.68. The molecule has 0 radical (unpaired) electrons. The highest BCUT2D eigenvalue weighted by Gasteiger charge is 2.20. The van der Waals surface area contributed by atoms with Gasteiger partial charge in [-0.1, -0.05) is 6.07 Å². The highest BCUT2D eigenvalue weighted by molar-refractivity contribution is 7.10. The molecule has 0 bridgehead atoms. The fraction of sp³-hybridized carbons (Fsp3) is 0.500. The molecule has 0 saturated carbocycles. The molecule has 1 unspecified atom stereocenters. The number of nitrogens with zero attached hydrogens (tertiary/aromatic N) is 1. The lowest BCUT2D eigenvalue weighted by molar-refractivity contribution is 0.0682. The summed E-state index contributed by atoms with van der Waals surface area (Å²) in [6, 6.07) is 8.36. The van der Waals surface area contributed by atoms with Crippen molar-refractivity contribution in [1.82, 2.24) is 4.90 Å². The Bertz CT molecular complexity index is 679. The first-order chi connectivity index (χ1) is 12.2. The van der Waals surface area contributed by atoms with Gasteiger partial charge in [0, 0.05) is 31.1 Å². The molecule has 1 aliphatic rings.